The van der Waals surface area contributed by atoms with Gasteiger partial charge >= 0.3 is 6.03 Å². The van der Waals surface area contributed by atoms with E-state index < -0.39 is 0 Å². The second-order valence-electron chi connectivity index (χ2n) is 8.22. The van der Waals surface area contributed by atoms with Crippen LogP contribution in [-0.2, 0) is 11.3 Å². The summed E-state index contributed by atoms with van der Waals surface area (Å²) < 4.78 is 0. The van der Waals surface area contributed by atoms with Crippen LogP contribution in [0.3, 0.4) is 0 Å². The van der Waals surface area contributed by atoms with Crippen LogP contribution in [-0.4, -0.2) is 84.4 Å². The van der Waals surface area contributed by atoms with E-state index in [1.165, 1.54) is 12.8 Å². The van der Waals surface area contributed by atoms with Gasteiger partial charge in [0.1, 0.15) is 0 Å². The number of hydrogen-bond donors (Lipinski definition) is 2. The first-order chi connectivity index (χ1) is 14.0. The van der Waals surface area contributed by atoms with E-state index in [9.17, 15) is 14.4 Å². The van der Waals surface area contributed by atoms with E-state index in [1.807, 2.05) is 17.0 Å². The maximum absolute atomic E-state index is 12.6. The largest absolute Gasteiger partial charge is 0.353 e. The first-order valence-corrected chi connectivity index (χ1v) is 10.4. The van der Waals surface area contributed by atoms with E-state index in [4.69, 9.17) is 0 Å². The molecule has 2 unspecified atom stereocenters. The van der Waals surface area contributed by atoms with E-state index in [2.05, 4.69) is 22.6 Å². The lowest BCUT2D eigenvalue weighted by atomic mass is 10.1. The third-order valence-electron chi connectivity index (χ3n) is 6.41. The van der Waals surface area contributed by atoms with Gasteiger partial charge in [0.15, 0.2) is 0 Å². The zero-order valence-electron chi connectivity index (χ0n) is 16.9. The zero-order chi connectivity index (χ0) is 20.4. The molecule has 0 saturated carbocycles. The number of carbonyl (C=O) groups excluding carboxylic acids is 3. The molecule has 3 aliphatic heterocycles. The molecule has 8 heteroatoms. The fourth-order valence-corrected chi connectivity index (χ4v) is 4.54. The summed E-state index contributed by atoms with van der Waals surface area (Å²) in [5.41, 5.74) is 1.50. The SMILES string of the molecule is CN1C2CCC1CN(C(=O)NCc1ccc(C(=O)N3CCNC(=O)C3)cc1)CC2. The second-order valence-corrected chi connectivity index (χ2v) is 8.22. The van der Waals surface area contributed by atoms with Gasteiger partial charge in [-0.25, -0.2) is 4.79 Å². The zero-order valence-corrected chi connectivity index (χ0v) is 16.9. The van der Waals surface area contributed by atoms with Crippen molar-refractivity contribution in [3.8, 4) is 0 Å². The Labute approximate surface area is 171 Å². The van der Waals surface area contributed by atoms with Crippen LogP contribution in [0.25, 0.3) is 0 Å². The molecule has 1 aromatic carbocycles. The van der Waals surface area contributed by atoms with Gasteiger partial charge in [-0.3, -0.25) is 14.5 Å². The molecule has 3 aliphatic rings. The number of urea groups is 1. The highest BCUT2D eigenvalue weighted by molar-refractivity contribution is 5.97. The predicted octanol–water partition coefficient (Wildman–Crippen LogP) is 0.637. The molecule has 2 bridgehead atoms. The first kappa shape index (κ1) is 19.7. The van der Waals surface area contributed by atoms with Crippen molar-refractivity contribution in [2.75, 3.05) is 39.8 Å². The number of fused-ring (bicyclic) bond motifs is 2. The van der Waals surface area contributed by atoms with Crippen LogP contribution in [0.2, 0.25) is 0 Å². The number of likely N-dealkylation sites (N-methyl/N-ethyl adjacent to an activating group) is 1. The van der Waals surface area contributed by atoms with Crippen LogP contribution in [0, 0.1) is 0 Å². The molecule has 2 N–H and O–H groups in total. The number of nitrogens with one attached hydrogen (secondary N) is 2. The Morgan fingerprint density at radius 2 is 1.83 bits per heavy atom. The van der Waals surface area contributed by atoms with Crippen molar-refractivity contribution in [3.63, 3.8) is 0 Å². The second kappa shape index (κ2) is 8.41. The Hall–Kier alpha value is -2.61. The third kappa shape index (κ3) is 4.37. The Kier molecular flexibility index (Phi) is 5.71. The smallest absolute Gasteiger partial charge is 0.317 e. The topological polar surface area (TPSA) is 85.0 Å². The summed E-state index contributed by atoms with van der Waals surface area (Å²) in [6.45, 7) is 3.13. The molecule has 0 radical (unpaired) electrons. The summed E-state index contributed by atoms with van der Waals surface area (Å²) in [5, 5.41) is 5.73. The Morgan fingerprint density at radius 1 is 1.07 bits per heavy atom. The van der Waals surface area contributed by atoms with Gasteiger partial charge in [-0.2, -0.15) is 0 Å². The van der Waals surface area contributed by atoms with Gasteiger partial charge in [-0.1, -0.05) is 12.1 Å². The number of amides is 4. The lowest BCUT2D eigenvalue weighted by Crippen LogP contribution is -2.49. The molecule has 3 heterocycles. The number of rotatable bonds is 3. The first-order valence-electron chi connectivity index (χ1n) is 10.4. The highest BCUT2D eigenvalue weighted by Gasteiger charge is 2.35. The molecule has 156 valence electrons. The van der Waals surface area contributed by atoms with Gasteiger partial charge in [0, 0.05) is 50.4 Å². The maximum Gasteiger partial charge on any atom is 0.317 e. The average molecular weight is 399 g/mol. The van der Waals surface area contributed by atoms with E-state index >= 15 is 0 Å². The molecule has 3 fully saturated rings. The monoisotopic (exact) mass is 399 g/mol. The fourth-order valence-electron chi connectivity index (χ4n) is 4.54. The Morgan fingerprint density at radius 3 is 2.59 bits per heavy atom. The normalized spacial score (nSPS) is 24.8. The Bertz CT molecular complexity index is 781. The molecular formula is C21H29N5O3. The molecule has 29 heavy (non-hydrogen) atoms. The summed E-state index contributed by atoms with van der Waals surface area (Å²) >= 11 is 0. The van der Waals surface area contributed by atoms with Crippen molar-refractivity contribution in [2.24, 2.45) is 0 Å². The highest BCUT2D eigenvalue weighted by atomic mass is 16.2. The summed E-state index contributed by atoms with van der Waals surface area (Å²) in [7, 11) is 2.17. The van der Waals surface area contributed by atoms with Crippen molar-refractivity contribution in [1.82, 2.24) is 25.3 Å². The predicted molar refractivity (Wildman–Crippen MR) is 108 cm³/mol. The molecule has 8 nitrogen and oxygen atoms in total. The van der Waals surface area contributed by atoms with Crippen molar-refractivity contribution < 1.29 is 14.4 Å². The fraction of sp³-hybridized carbons (Fsp3) is 0.571. The number of nitrogens with zero attached hydrogens (tertiary/aromatic N) is 3. The standard InChI is InChI=1S/C21H29N5O3/c1-24-17-6-7-18(24)13-26(10-8-17)21(29)23-12-15-2-4-16(5-3-15)20(28)25-11-9-22-19(27)14-25/h2-5,17-18H,6-14H2,1H3,(H,22,27)(H,23,29). The van der Waals surface area contributed by atoms with Gasteiger partial charge in [0.25, 0.3) is 5.91 Å². The van der Waals surface area contributed by atoms with E-state index in [0.717, 1.165) is 25.1 Å². The van der Waals surface area contributed by atoms with Crippen molar-refractivity contribution in [1.29, 1.82) is 0 Å². The number of likely N-dealkylation sites (tertiary alicyclic amines) is 1. The molecule has 2 atom stereocenters. The van der Waals surface area contributed by atoms with Crippen LogP contribution in [0.5, 0.6) is 0 Å². The van der Waals surface area contributed by atoms with Crippen molar-refractivity contribution in [3.05, 3.63) is 35.4 Å². The number of hydrogen-bond acceptors (Lipinski definition) is 4. The van der Waals surface area contributed by atoms with Gasteiger partial charge in [-0.05, 0) is 44.0 Å². The molecule has 4 rings (SSSR count). The van der Waals surface area contributed by atoms with Gasteiger partial charge in [-0.15, -0.1) is 0 Å². The molecular weight excluding hydrogens is 370 g/mol. The number of piperazine rings is 1. The molecule has 0 spiro atoms. The van der Waals surface area contributed by atoms with Crippen LogP contribution in [0.15, 0.2) is 24.3 Å². The van der Waals surface area contributed by atoms with E-state index in [1.54, 1.807) is 17.0 Å². The Balaban J connectivity index is 1.29. The van der Waals surface area contributed by atoms with Gasteiger partial charge in [0.2, 0.25) is 5.91 Å². The van der Waals surface area contributed by atoms with Crippen LogP contribution in [0.1, 0.15) is 35.2 Å². The summed E-state index contributed by atoms with van der Waals surface area (Å²) in [6.07, 6.45) is 3.44. The van der Waals surface area contributed by atoms with Crippen LogP contribution < -0.4 is 10.6 Å². The minimum Gasteiger partial charge on any atom is -0.353 e. The molecule has 1 aromatic rings. The molecule has 0 aromatic heterocycles. The van der Waals surface area contributed by atoms with Crippen LogP contribution >= 0.6 is 0 Å². The van der Waals surface area contributed by atoms with Crippen LogP contribution in [0.4, 0.5) is 4.79 Å². The third-order valence-corrected chi connectivity index (χ3v) is 6.41. The van der Waals surface area contributed by atoms with Gasteiger partial charge < -0.3 is 20.4 Å². The minimum absolute atomic E-state index is 0.0227. The minimum atomic E-state index is -0.140. The molecule has 0 aliphatic carbocycles. The van der Waals surface area contributed by atoms with E-state index in [0.29, 0.717) is 37.3 Å². The summed E-state index contributed by atoms with van der Waals surface area (Å²) in [6, 6.07) is 8.28. The van der Waals surface area contributed by atoms with E-state index in [-0.39, 0.29) is 24.4 Å². The van der Waals surface area contributed by atoms with Gasteiger partial charge in [0.05, 0.1) is 6.54 Å². The quantitative estimate of drug-likeness (QED) is 0.781. The molecule has 4 amide bonds. The lowest BCUT2D eigenvalue weighted by Gasteiger charge is -2.27. The number of carbonyl (C=O) groups is 3. The van der Waals surface area contributed by atoms with Crippen molar-refractivity contribution >= 4 is 17.8 Å². The maximum atomic E-state index is 12.6. The average Bonchev–Trinajstić information content (AvgIpc) is 2.97. The summed E-state index contributed by atoms with van der Waals surface area (Å²) in [5.74, 6) is -0.268. The van der Waals surface area contributed by atoms with Crippen molar-refractivity contribution in [2.45, 2.75) is 37.9 Å². The summed E-state index contributed by atoms with van der Waals surface area (Å²) in [4.78, 5) is 42.5. The lowest BCUT2D eigenvalue weighted by molar-refractivity contribution is -0.123. The number of benzene rings is 1. The molecule has 3 saturated heterocycles. The highest BCUT2D eigenvalue weighted by Crippen LogP contribution is 2.28.